The molecule has 0 aromatic rings. The molecule has 0 aromatic carbocycles. The van der Waals surface area contributed by atoms with Gasteiger partial charge < -0.3 is 0 Å². The molecule has 0 aliphatic heterocycles. The minimum atomic E-state index is -4.67. The van der Waals surface area contributed by atoms with Crippen LogP contribution in [0.5, 0.6) is 0 Å². The van der Waals surface area contributed by atoms with Gasteiger partial charge >= 0.3 is 47.3 Å². The minimum absolute atomic E-state index is 0.389. The molecule has 0 spiro atoms. The molecule has 3 N–H and O–H groups in total. The monoisotopic (exact) mass is 152 g/mol. The van der Waals surface area contributed by atoms with E-state index in [9.17, 15) is 0 Å². The van der Waals surface area contributed by atoms with Crippen molar-refractivity contribution in [1.82, 2.24) is 0 Å². The van der Waals surface area contributed by atoms with Gasteiger partial charge in [-0.3, -0.25) is 9.11 Å². The van der Waals surface area contributed by atoms with Crippen LogP contribution in [-0.4, -0.2) is 54.4 Å². The van der Waals surface area contributed by atoms with Crippen LogP contribution in [-0.2, 0) is 10.4 Å². The standard InChI is InChI=1S/CH3O.Na.H2O4S/c1-2;;1-5(2,3)4/h2H,1H2;;(H2,1,2,3,4). The molecule has 0 amide bonds. The van der Waals surface area contributed by atoms with Crippen LogP contribution in [0.25, 0.3) is 0 Å². The molecule has 0 bridgehead atoms. The Labute approximate surface area is 64.7 Å². The Morgan fingerprint density at radius 1 is 1.38 bits per heavy atom. The average molecular weight is 152 g/mol. The Balaban J connectivity index is 0. The van der Waals surface area contributed by atoms with Gasteiger partial charge in [-0.15, -0.1) is 0 Å². The number of hydrogen-bond donors (Lipinski definition) is 3. The molecule has 7 heteroatoms. The normalized spacial score (nSPS) is 9.62. The van der Waals surface area contributed by atoms with Crippen molar-refractivity contribution in [1.29, 1.82) is 0 Å². The van der Waals surface area contributed by atoms with Gasteiger partial charge in [-0.2, -0.15) is 8.42 Å². The molecule has 0 heterocycles. The Hall–Kier alpha value is 0.830. The predicted molar refractivity (Wildman–Crippen MR) is 27.0 cm³/mol. The van der Waals surface area contributed by atoms with Crippen LogP contribution >= 0.6 is 0 Å². The first-order valence-electron chi connectivity index (χ1n) is 1.72. The van der Waals surface area contributed by atoms with Gasteiger partial charge in [0, 0.05) is 0 Å². The van der Waals surface area contributed by atoms with Crippen LogP contribution < -0.4 is 0 Å². The number of aliphatic hydroxyl groups is 1. The summed E-state index contributed by atoms with van der Waals surface area (Å²) < 4.78 is 32.0. The number of aliphatic hydroxyl groups excluding tert-OH is 1. The van der Waals surface area contributed by atoms with E-state index in [1.807, 2.05) is 0 Å². The quantitative estimate of drug-likeness (QED) is 0.288. The molecule has 0 unspecified atom stereocenters. The molecular weight excluding hydrogens is 147 g/mol. The van der Waals surface area contributed by atoms with E-state index in [1.54, 1.807) is 0 Å². The molecule has 0 aliphatic rings. The third kappa shape index (κ3) is 337. The molecule has 0 rings (SSSR count). The summed E-state index contributed by atoms with van der Waals surface area (Å²) in [5.74, 6) is 0. The second-order valence-corrected chi connectivity index (χ2v) is 2.29. The fourth-order valence-corrected chi connectivity index (χ4v) is 0. The van der Waals surface area contributed by atoms with Gasteiger partial charge in [0.25, 0.3) is 0 Å². The molecule has 0 fully saturated rings. The zero-order valence-corrected chi connectivity index (χ0v) is 7.09. The number of hydrogen-bond acceptors (Lipinski definition) is 3. The van der Waals surface area contributed by atoms with Crippen LogP contribution in [0.2, 0.25) is 0 Å². The predicted octanol–water partition coefficient (Wildman–Crippen LogP) is -1.55. The van der Waals surface area contributed by atoms with Gasteiger partial charge in [-0.05, 0) is 0 Å². The van der Waals surface area contributed by atoms with Crippen molar-refractivity contribution >= 4 is 38.3 Å². The summed E-state index contributed by atoms with van der Waals surface area (Å²) in [5, 5.41) is 7.63. The van der Waals surface area contributed by atoms with Crippen molar-refractivity contribution in [2.24, 2.45) is 0 Å². The molecule has 5 nitrogen and oxygen atoms in total. The zero-order valence-electron chi connectivity index (χ0n) is 4.27. The topological polar surface area (TPSA) is 94.8 Å². The molecule has 0 aliphatic carbocycles. The molecule has 0 radical (unpaired) electrons. The summed E-state index contributed by atoms with van der Waals surface area (Å²) in [6.07, 6.45) is 0. The zero-order chi connectivity index (χ0) is 7.21. The van der Waals surface area contributed by atoms with Gasteiger partial charge in [-0.25, -0.2) is 0 Å². The van der Waals surface area contributed by atoms with Gasteiger partial charge in [-0.1, -0.05) is 0 Å². The Morgan fingerprint density at radius 3 is 1.38 bits per heavy atom. The fraction of sp³-hybridized carbons (Fsp3) is 1.00. The van der Waals surface area contributed by atoms with E-state index in [4.69, 9.17) is 22.6 Å². The number of rotatable bonds is 0. The van der Waals surface area contributed by atoms with Crippen molar-refractivity contribution in [3.8, 4) is 0 Å². The third-order valence-electron chi connectivity index (χ3n) is 0. The van der Waals surface area contributed by atoms with E-state index >= 15 is 0 Å². The summed E-state index contributed by atoms with van der Waals surface area (Å²) in [5.41, 5.74) is 0. The van der Waals surface area contributed by atoms with E-state index in [0.29, 0.717) is 3.86 Å². The van der Waals surface area contributed by atoms with Crippen molar-refractivity contribution in [2.75, 3.05) is 3.86 Å². The first-order chi connectivity index (χ1) is 3.41. The van der Waals surface area contributed by atoms with Gasteiger partial charge in [0.05, 0.1) is 0 Å². The van der Waals surface area contributed by atoms with Crippen LogP contribution in [0.1, 0.15) is 0 Å². The van der Waals surface area contributed by atoms with Crippen molar-refractivity contribution in [2.45, 2.75) is 0 Å². The van der Waals surface area contributed by atoms with Crippen LogP contribution in [0.15, 0.2) is 0 Å². The van der Waals surface area contributed by atoms with Gasteiger partial charge in [0.2, 0.25) is 0 Å². The molecular formula is CH5NaO5S. The van der Waals surface area contributed by atoms with Crippen molar-refractivity contribution in [3.05, 3.63) is 0 Å². The van der Waals surface area contributed by atoms with Crippen molar-refractivity contribution in [3.63, 3.8) is 0 Å². The van der Waals surface area contributed by atoms with E-state index in [1.165, 1.54) is 0 Å². The second kappa shape index (κ2) is 5.96. The van der Waals surface area contributed by atoms with Crippen LogP contribution in [0.3, 0.4) is 0 Å². The SMILES string of the molecule is O=S(=O)(O)O.O[CH2][Na]. The molecule has 0 aromatic heterocycles. The molecule has 0 saturated heterocycles. The van der Waals surface area contributed by atoms with Crippen LogP contribution in [0, 0.1) is 0 Å². The Bertz CT molecular complexity index is 106. The van der Waals surface area contributed by atoms with E-state index in [0.717, 1.165) is 27.9 Å². The fourth-order valence-electron chi connectivity index (χ4n) is 0. The van der Waals surface area contributed by atoms with E-state index in [-0.39, 0.29) is 0 Å². The van der Waals surface area contributed by atoms with Crippen molar-refractivity contribution < 1.29 is 22.6 Å². The van der Waals surface area contributed by atoms with E-state index in [2.05, 4.69) is 0 Å². The Kier molecular flexibility index (Phi) is 8.64. The summed E-state index contributed by atoms with van der Waals surface area (Å²) in [6, 6.07) is 0. The first kappa shape index (κ1) is 11.6. The third-order valence-corrected chi connectivity index (χ3v) is 0. The summed E-state index contributed by atoms with van der Waals surface area (Å²) >= 11 is 0.924. The molecule has 0 atom stereocenters. The van der Waals surface area contributed by atoms with Crippen LogP contribution in [0.4, 0.5) is 0 Å². The maximum atomic E-state index is 8.74. The molecule has 46 valence electrons. The van der Waals surface area contributed by atoms with E-state index < -0.39 is 10.4 Å². The Morgan fingerprint density at radius 2 is 1.38 bits per heavy atom. The first-order valence-corrected chi connectivity index (χ1v) is 4.53. The second-order valence-electron chi connectivity index (χ2n) is 0.764. The van der Waals surface area contributed by atoms with Gasteiger partial charge in [0.15, 0.2) is 0 Å². The average Bonchev–Trinajstić information content (AvgIpc) is 1.27. The summed E-state index contributed by atoms with van der Waals surface area (Å²) in [7, 11) is -4.67. The maximum absolute atomic E-state index is 8.74. The summed E-state index contributed by atoms with van der Waals surface area (Å²) in [4.78, 5) is 0. The molecule has 8 heavy (non-hydrogen) atoms. The molecule has 0 saturated carbocycles. The summed E-state index contributed by atoms with van der Waals surface area (Å²) in [6.45, 7) is 0. The van der Waals surface area contributed by atoms with Gasteiger partial charge in [0.1, 0.15) is 0 Å².